The number of fused-ring (bicyclic) bond motifs is 1. The van der Waals surface area contributed by atoms with Crippen LogP contribution in [0.25, 0.3) is 0 Å². The number of esters is 1. The Balaban J connectivity index is 1.34. The summed E-state index contributed by atoms with van der Waals surface area (Å²) in [6.45, 7) is 2.45. The molecule has 0 saturated carbocycles. The Hall–Kier alpha value is -3.52. The lowest BCUT2D eigenvalue weighted by atomic mass is 10.2. The number of anilines is 1. The molecule has 0 fully saturated rings. The zero-order valence-corrected chi connectivity index (χ0v) is 19.0. The summed E-state index contributed by atoms with van der Waals surface area (Å²) in [5.41, 5.74) is 2.29. The van der Waals surface area contributed by atoms with E-state index in [1.54, 1.807) is 54.5 Å². The first-order valence-corrected chi connectivity index (χ1v) is 11.6. The lowest BCUT2D eigenvalue weighted by molar-refractivity contribution is -0.126. The van der Waals surface area contributed by atoms with Crippen LogP contribution in [-0.4, -0.2) is 36.2 Å². The molecule has 0 unspecified atom stereocenters. The van der Waals surface area contributed by atoms with Gasteiger partial charge in [-0.2, -0.15) is 0 Å². The minimum absolute atomic E-state index is 0.129. The molecule has 3 aromatic rings. The zero-order chi connectivity index (χ0) is 23.2. The van der Waals surface area contributed by atoms with E-state index in [4.69, 9.17) is 9.15 Å². The van der Waals surface area contributed by atoms with Gasteiger partial charge in [-0.15, -0.1) is 11.8 Å². The summed E-state index contributed by atoms with van der Waals surface area (Å²) in [5.74, 6) is -0.241. The van der Waals surface area contributed by atoms with E-state index in [1.165, 1.54) is 11.8 Å². The Morgan fingerprint density at radius 3 is 2.70 bits per heavy atom. The van der Waals surface area contributed by atoms with Crippen molar-refractivity contribution in [2.75, 3.05) is 17.2 Å². The fraction of sp³-hybridized carbons (Fsp3) is 0.240. The highest BCUT2D eigenvalue weighted by Gasteiger charge is 2.30. The van der Waals surface area contributed by atoms with Crippen LogP contribution in [0.15, 0.2) is 76.2 Å². The number of amides is 2. The third kappa shape index (κ3) is 5.46. The SMILES string of the molecule is C[C@H](OC(=O)c1ccccc1SCC(=O)NCc1ccco1)C(=O)N1CCc2ccccc21. The van der Waals surface area contributed by atoms with E-state index >= 15 is 0 Å². The van der Waals surface area contributed by atoms with Crippen molar-refractivity contribution < 1.29 is 23.5 Å². The lowest BCUT2D eigenvalue weighted by Crippen LogP contribution is -2.39. The molecule has 7 nitrogen and oxygen atoms in total. The van der Waals surface area contributed by atoms with E-state index in [-0.39, 0.29) is 17.6 Å². The van der Waals surface area contributed by atoms with E-state index in [2.05, 4.69) is 5.32 Å². The van der Waals surface area contributed by atoms with Gasteiger partial charge in [-0.05, 0) is 49.2 Å². The predicted octanol–water partition coefficient (Wildman–Crippen LogP) is 3.82. The van der Waals surface area contributed by atoms with Gasteiger partial charge in [-0.1, -0.05) is 30.3 Å². The average molecular weight is 465 g/mol. The molecule has 2 aromatic carbocycles. The third-order valence-electron chi connectivity index (χ3n) is 5.29. The van der Waals surface area contributed by atoms with Gasteiger partial charge in [0, 0.05) is 17.1 Å². The number of ether oxygens (including phenoxy) is 1. The molecule has 1 aliphatic heterocycles. The monoisotopic (exact) mass is 464 g/mol. The largest absolute Gasteiger partial charge is 0.467 e. The highest BCUT2D eigenvalue weighted by atomic mass is 32.2. The van der Waals surface area contributed by atoms with Crippen LogP contribution in [0.2, 0.25) is 0 Å². The number of nitrogens with one attached hydrogen (secondary N) is 1. The van der Waals surface area contributed by atoms with Crippen LogP contribution in [-0.2, 0) is 27.3 Å². The molecular formula is C25H24N2O5S. The van der Waals surface area contributed by atoms with Crippen molar-refractivity contribution >= 4 is 35.2 Å². The molecule has 0 aliphatic carbocycles. The highest BCUT2D eigenvalue weighted by molar-refractivity contribution is 8.00. The number of para-hydroxylation sites is 1. The lowest BCUT2D eigenvalue weighted by Gasteiger charge is -2.22. The van der Waals surface area contributed by atoms with E-state index < -0.39 is 12.1 Å². The Labute approximate surface area is 196 Å². The van der Waals surface area contributed by atoms with Crippen molar-refractivity contribution in [3.05, 3.63) is 83.8 Å². The summed E-state index contributed by atoms with van der Waals surface area (Å²) in [5, 5.41) is 2.77. The molecule has 1 aliphatic rings. The van der Waals surface area contributed by atoms with Gasteiger partial charge in [0.25, 0.3) is 5.91 Å². The number of nitrogens with zero attached hydrogens (tertiary/aromatic N) is 1. The summed E-state index contributed by atoms with van der Waals surface area (Å²) in [4.78, 5) is 40.2. The standard InChI is InChI=1S/C25H24N2O5S/c1-17(24(29)27-13-12-18-7-2-4-10-21(18)27)32-25(30)20-9-3-5-11-22(20)33-16-23(28)26-15-19-8-6-14-31-19/h2-11,14,17H,12-13,15-16H2,1H3,(H,26,28)/t17-/m0/s1. The molecule has 2 amide bonds. The normalized spacial score (nSPS) is 13.3. The van der Waals surface area contributed by atoms with E-state index in [1.807, 2.05) is 24.3 Å². The van der Waals surface area contributed by atoms with Gasteiger partial charge in [0.2, 0.25) is 5.91 Å². The molecule has 1 atom stereocenters. The van der Waals surface area contributed by atoms with Crippen molar-refractivity contribution in [3.8, 4) is 0 Å². The van der Waals surface area contributed by atoms with Crippen molar-refractivity contribution in [2.45, 2.75) is 30.9 Å². The third-order valence-corrected chi connectivity index (χ3v) is 6.36. The van der Waals surface area contributed by atoms with Crippen LogP contribution in [0.3, 0.4) is 0 Å². The molecule has 0 radical (unpaired) electrons. The van der Waals surface area contributed by atoms with Gasteiger partial charge >= 0.3 is 5.97 Å². The molecule has 8 heteroatoms. The minimum atomic E-state index is -0.932. The number of furan rings is 1. The van der Waals surface area contributed by atoms with Gasteiger partial charge in [-0.3, -0.25) is 9.59 Å². The van der Waals surface area contributed by atoms with Gasteiger partial charge < -0.3 is 19.4 Å². The maximum atomic E-state index is 12.9. The molecule has 2 heterocycles. The number of carbonyl (C=O) groups is 3. The first-order valence-electron chi connectivity index (χ1n) is 10.6. The Morgan fingerprint density at radius 2 is 1.88 bits per heavy atom. The number of hydrogen-bond acceptors (Lipinski definition) is 6. The molecule has 0 saturated heterocycles. The zero-order valence-electron chi connectivity index (χ0n) is 18.2. The molecule has 0 spiro atoms. The minimum Gasteiger partial charge on any atom is -0.467 e. The average Bonchev–Trinajstić information content (AvgIpc) is 3.51. The van der Waals surface area contributed by atoms with Gasteiger partial charge in [0.1, 0.15) is 5.76 Å². The summed E-state index contributed by atoms with van der Waals surface area (Å²) in [6.07, 6.45) is 1.40. The molecule has 33 heavy (non-hydrogen) atoms. The smallest absolute Gasteiger partial charge is 0.340 e. The second-order valence-corrected chi connectivity index (χ2v) is 8.57. The molecule has 1 aromatic heterocycles. The number of carbonyl (C=O) groups excluding carboxylic acids is 3. The Kier molecular flexibility index (Phi) is 7.14. The molecule has 1 N–H and O–H groups in total. The van der Waals surface area contributed by atoms with Crippen LogP contribution in [0.4, 0.5) is 5.69 Å². The summed E-state index contributed by atoms with van der Waals surface area (Å²) >= 11 is 1.23. The summed E-state index contributed by atoms with van der Waals surface area (Å²) in [7, 11) is 0. The predicted molar refractivity (Wildman–Crippen MR) is 125 cm³/mol. The summed E-state index contributed by atoms with van der Waals surface area (Å²) < 4.78 is 10.7. The summed E-state index contributed by atoms with van der Waals surface area (Å²) in [6, 6.07) is 18.2. The first kappa shape index (κ1) is 22.7. The quantitative estimate of drug-likeness (QED) is 0.403. The van der Waals surface area contributed by atoms with E-state index in [9.17, 15) is 14.4 Å². The molecule has 0 bridgehead atoms. The van der Waals surface area contributed by atoms with Crippen molar-refractivity contribution in [1.29, 1.82) is 0 Å². The van der Waals surface area contributed by atoms with Crippen LogP contribution in [0.1, 0.15) is 28.6 Å². The first-order chi connectivity index (χ1) is 16.0. The number of thioether (sulfide) groups is 1. The number of rotatable bonds is 8. The van der Waals surface area contributed by atoms with Crippen molar-refractivity contribution in [2.24, 2.45) is 0 Å². The maximum Gasteiger partial charge on any atom is 0.340 e. The highest BCUT2D eigenvalue weighted by Crippen LogP contribution is 2.29. The van der Waals surface area contributed by atoms with Gasteiger partial charge in [-0.25, -0.2) is 4.79 Å². The Bertz CT molecular complexity index is 1150. The van der Waals surface area contributed by atoms with Gasteiger partial charge in [0.15, 0.2) is 6.10 Å². The molecular weight excluding hydrogens is 440 g/mol. The fourth-order valence-electron chi connectivity index (χ4n) is 3.62. The van der Waals surface area contributed by atoms with Crippen LogP contribution >= 0.6 is 11.8 Å². The number of hydrogen-bond donors (Lipinski definition) is 1. The second kappa shape index (κ2) is 10.4. The second-order valence-electron chi connectivity index (χ2n) is 7.56. The van der Waals surface area contributed by atoms with Gasteiger partial charge in [0.05, 0.1) is 24.1 Å². The fourth-order valence-corrected chi connectivity index (χ4v) is 4.49. The van der Waals surface area contributed by atoms with E-state index in [0.717, 1.165) is 17.7 Å². The van der Waals surface area contributed by atoms with Crippen LogP contribution in [0.5, 0.6) is 0 Å². The van der Waals surface area contributed by atoms with Crippen LogP contribution in [0, 0.1) is 0 Å². The molecule has 170 valence electrons. The Morgan fingerprint density at radius 1 is 1.09 bits per heavy atom. The number of benzene rings is 2. The van der Waals surface area contributed by atoms with E-state index in [0.29, 0.717) is 29.3 Å². The maximum absolute atomic E-state index is 12.9. The topological polar surface area (TPSA) is 88.9 Å². The van der Waals surface area contributed by atoms with Crippen molar-refractivity contribution in [1.82, 2.24) is 5.32 Å². The van der Waals surface area contributed by atoms with Crippen molar-refractivity contribution in [3.63, 3.8) is 0 Å². The molecule has 4 rings (SSSR count). The van der Waals surface area contributed by atoms with Crippen LogP contribution < -0.4 is 10.2 Å².